The molecule has 0 fully saturated rings. The summed E-state index contributed by atoms with van der Waals surface area (Å²) >= 11 is 0. The van der Waals surface area contributed by atoms with Gasteiger partial charge in [0.15, 0.2) is 0 Å². The molecule has 0 amide bonds. The molecule has 1 rings (SSSR count). The lowest BCUT2D eigenvalue weighted by Crippen LogP contribution is -2.09. The number of benzene rings is 1. The monoisotopic (exact) mass is 186 g/mol. The molecule has 0 aromatic heterocycles. The molecule has 0 bridgehead atoms. The first kappa shape index (κ1) is 10.5. The summed E-state index contributed by atoms with van der Waals surface area (Å²) < 4.78 is 0. The van der Waals surface area contributed by atoms with E-state index in [0.717, 1.165) is 17.5 Å². The molecule has 0 heterocycles. The van der Waals surface area contributed by atoms with E-state index in [9.17, 15) is 0 Å². The van der Waals surface area contributed by atoms with Gasteiger partial charge in [-0.15, -0.1) is 6.58 Å². The largest absolute Gasteiger partial charge is 0.324 e. The zero-order chi connectivity index (χ0) is 10.6. The third-order valence-corrected chi connectivity index (χ3v) is 2.22. The van der Waals surface area contributed by atoms with Gasteiger partial charge in [0, 0.05) is 6.04 Å². The van der Waals surface area contributed by atoms with Crippen LogP contribution >= 0.6 is 0 Å². The van der Waals surface area contributed by atoms with Crippen LogP contribution in [0.25, 0.3) is 0 Å². The summed E-state index contributed by atoms with van der Waals surface area (Å²) in [6, 6.07) is 7.80. The minimum atomic E-state index is -0.0149. The molecule has 1 aromatic carbocycles. The van der Waals surface area contributed by atoms with Crippen LogP contribution in [-0.4, -0.2) is 0 Å². The minimum absolute atomic E-state index is 0.0149. The summed E-state index contributed by atoms with van der Waals surface area (Å²) in [6.45, 7) is 5.57. The van der Waals surface area contributed by atoms with Crippen molar-refractivity contribution >= 4 is 0 Å². The molecule has 0 saturated carbocycles. The molecular weight excluding hydrogens is 172 g/mol. The van der Waals surface area contributed by atoms with Crippen molar-refractivity contribution in [2.75, 3.05) is 0 Å². The summed E-state index contributed by atoms with van der Waals surface area (Å²) in [7, 11) is 0. The van der Waals surface area contributed by atoms with E-state index in [-0.39, 0.29) is 6.04 Å². The van der Waals surface area contributed by atoms with E-state index in [2.05, 4.69) is 12.6 Å². The maximum absolute atomic E-state index is 8.75. The van der Waals surface area contributed by atoms with E-state index >= 15 is 0 Å². The SMILES string of the molecule is C=CC[C@@H](N)c1ccc(C#N)c(C)c1. The van der Waals surface area contributed by atoms with E-state index in [1.54, 1.807) is 6.08 Å². The lowest BCUT2D eigenvalue weighted by molar-refractivity contribution is 0.741. The molecule has 0 aliphatic heterocycles. The van der Waals surface area contributed by atoms with Gasteiger partial charge < -0.3 is 5.73 Å². The third-order valence-electron chi connectivity index (χ3n) is 2.22. The van der Waals surface area contributed by atoms with Gasteiger partial charge in [-0.25, -0.2) is 0 Å². The fraction of sp³-hybridized carbons (Fsp3) is 0.250. The summed E-state index contributed by atoms with van der Waals surface area (Å²) in [5.41, 5.74) is 8.65. The molecule has 0 aliphatic rings. The number of hydrogen-bond donors (Lipinski definition) is 1. The van der Waals surface area contributed by atoms with E-state index in [1.807, 2.05) is 25.1 Å². The van der Waals surface area contributed by atoms with Crippen molar-refractivity contribution in [3.05, 3.63) is 47.5 Å². The van der Waals surface area contributed by atoms with Gasteiger partial charge in [-0.3, -0.25) is 0 Å². The highest BCUT2D eigenvalue weighted by atomic mass is 14.6. The standard InChI is InChI=1S/C12H14N2/c1-3-4-12(14)10-5-6-11(8-13)9(2)7-10/h3,5-7,12H,1,4,14H2,2H3/t12-/m1/s1. The fourth-order valence-corrected chi connectivity index (χ4v) is 1.36. The number of rotatable bonds is 3. The van der Waals surface area contributed by atoms with E-state index < -0.39 is 0 Å². The van der Waals surface area contributed by atoms with E-state index in [1.165, 1.54) is 0 Å². The van der Waals surface area contributed by atoms with Crippen LogP contribution in [0.2, 0.25) is 0 Å². The molecule has 0 unspecified atom stereocenters. The zero-order valence-electron chi connectivity index (χ0n) is 8.33. The normalized spacial score (nSPS) is 11.8. The lowest BCUT2D eigenvalue weighted by atomic mass is 9.99. The molecule has 0 aliphatic carbocycles. The smallest absolute Gasteiger partial charge is 0.0994 e. The van der Waals surface area contributed by atoms with Gasteiger partial charge in [0.1, 0.15) is 0 Å². The van der Waals surface area contributed by atoms with Crippen molar-refractivity contribution in [3.8, 4) is 6.07 Å². The van der Waals surface area contributed by atoms with Crippen molar-refractivity contribution in [2.45, 2.75) is 19.4 Å². The minimum Gasteiger partial charge on any atom is -0.324 e. The molecule has 2 heteroatoms. The maximum Gasteiger partial charge on any atom is 0.0994 e. The summed E-state index contributed by atoms with van der Waals surface area (Å²) in [5.74, 6) is 0. The number of nitriles is 1. The highest BCUT2D eigenvalue weighted by Gasteiger charge is 2.05. The van der Waals surface area contributed by atoms with Crippen molar-refractivity contribution in [2.24, 2.45) is 5.73 Å². The Bertz CT molecular complexity index is 374. The van der Waals surface area contributed by atoms with Gasteiger partial charge in [0.2, 0.25) is 0 Å². The zero-order valence-corrected chi connectivity index (χ0v) is 8.33. The van der Waals surface area contributed by atoms with E-state index in [0.29, 0.717) is 5.56 Å². The Hall–Kier alpha value is -1.59. The first-order valence-electron chi connectivity index (χ1n) is 4.56. The molecule has 1 aromatic rings. The molecule has 2 N–H and O–H groups in total. The van der Waals surface area contributed by atoms with Gasteiger partial charge in [0.25, 0.3) is 0 Å². The first-order chi connectivity index (χ1) is 6.69. The Labute approximate surface area is 84.7 Å². The highest BCUT2D eigenvalue weighted by molar-refractivity contribution is 5.40. The van der Waals surface area contributed by atoms with Crippen molar-refractivity contribution in [1.82, 2.24) is 0 Å². The lowest BCUT2D eigenvalue weighted by Gasteiger charge is -2.10. The van der Waals surface area contributed by atoms with Crippen LogP contribution in [0.3, 0.4) is 0 Å². The molecule has 72 valence electrons. The summed E-state index contributed by atoms with van der Waals surface area (Å²) in [5, 5.41) is 8.75. The summed E-state index contributed by atoms with van der Waals surface area (Å²) in [6.07, 6.45) is 2.56. The van der Waals surface area contributed by atoms with Crippen LogP contribution in [0.1, 0.15) is 29.2 Å². The molecule has 14 heavy (non-hydrogen) atoms. The number of aryl methyl sites for hydroxylation is 1. The second kappa shape index (κ2) is 4.59. The third kappa shape index (κ3) is 2.21. The van der Waals surface area contributed by atoms with Gasteiger partial charge in [-0.2, -0.15) is 5.26 Å². The maximum atomic E-state index is 8.75. The van der Waals surface area contributed by atoms with Gasteiger partial charge >= 0.3 is 0 Å². The average Bonchev–Trinajstić information content (AvgIpc) is 2.18. The van der Waals surface area contributed by atoms with Crippen molar-refractivity contribution < 1.29 is 0 Å². The number of nitrogens with two attached hydrogens (primary N) is 1. The van der Waals surface area contributed by atoms with Crippen LogP contribution in [0, 0.1) is 18.3 Å². The molecule has 0 radical (unpaired) electrons. The van der Waals surface area contributed by atoms with Crippen LogP contribution in [0.5, 0.6) is 0 Å². The Kier molecular flexibility index (Phi) is 3.44. The van der Waals surface area contributed by atoms with Gasteiger partial charge in [-0.05, 0) is 30.5 Å². The van der Waals surface area contributed by atoms with Crippen LogP contribution < -0.4 is 5.73 Å². The molecule has 2 nitrogen and oxygen atoms in total. The van der Waals surface area contributed by atoms with Gasteiger partial charge in [-0.1, -0.05) is 18.2 Å². The van der Waals surface area contributed by atoms with Crippen molar-refractivity contribution in [3.63, 3.8) is 0 Å². The number of nitrogens with zero attached hydrogens (tertiary/aromatic N) is 1. The summed E-state index contributed by atoms with van der Waals surface area (Å²) in [4.78, 5) is 0. The fourth-order valence-electron chi connectivity index (χ4n) is 1.36. The predicted molar refractivity (Wildman–Crippen MR) is 57.6 cm³/mol. The Morgan fingerprint density at radius 3 is 2.86 bits per heavy atom. The van der Waals surface area contributed by atoms with Gasteiger partial charge in [0.05, 0.1) is 11.6 Å². The highest BCUT2D eigenvalue weighted by Crippen LogP contribution is 2.17. The van der Waals surface area contributed by atoms with Crippen molar-refractivity contribution in [1.29, 1.82) is 5.26 Å². The quantitative estimate of drug-likeness (QED) is 0.737. The molecular formula is C12H14N2. The second-order valence-corrected chi connectivity index (χ2v) is 3.32. The van der Waals surface area contributed by atoms with E-state index in [4.69, 9.17) is 11.0 Å². The molecule has 0 saturated heterocycles. The van der Waals surface area contributed by atoms with Crippen LogP contribution in [0.15, 0.2) is 30.9 Å². The first-order valence-corrected chi connectivity index (χ1v) is 4.56. The second-order valence-electron chi connectivity index (χ2n) is 3.32. The Balaban J connectivity index is 2.97. The molecule has 0 spiro atoms. The van der Waals surface area contributed by atoms with Crippen LogP contribution in [-0.2, 0) is 0 Å². The van der Waals surface area contributed by atoms with Crippen LogP contribution in [0.4, 0.5) is 0 Å². The topological polar surface area (TPSA) is 49.8 Å². The Morgan fingerprint density at radius 1 is 1.64 bits per heavy atom. The Morgan fingerprint density at radius 2 is 2.36 bits per heavy atom. The molecule has 1 atom stereocenters. The predicted octanol–water partition coefficient (Wildman–Crippen LogP) is 2.44. The average molecular weight is 186 g/mol. The number of hydrogen-bond acceptors (Lipinski definition) is 2.